The Bertz CT molecular complexity index is 763. The highest BCUT2D eigenvalue weighted by atomic mass is 19.1. The maximum Gasteiger partial charge on any atom is 0.130 e. The number of allylic oxidation sites excluding steroid dienone is 2. The summed E-state index contributed by atoms with van der Waals surface area (Å²) in [6.45, 7) is 6.01. The van der Waals surface area contributed by atoms with E-state index < -0.39 is 0 Å². The van der Waals surface area contributed by atoms with Gasteiger partial charge in [-0.25, -0.2) is 9.37 Å². The lowest BCUT2D eigenvalue weighted by molar-refractivity contribution is 0.628. The number of pyridine rings is 1. The molecule has 0 aliphatic rings. The minimum atomic E-state index is -0.288. The first-order valence-electron chi connectivity index (χ1n) is 7.72. The van der Waals surface area contributed by atoms with Crippen molar-refractivity contribution < 1.29 is 4.39 Å². The van der Waals surface area contributed by atoms with Crippen molar-refractivity contribution in [3.8, 4) is 0 Å². The number of nitrogens with zero attached hydrogens (tertiary/aromatic N) is 1. The first-order valence-corrected chi connectivity index (χ1v) is 7.72. The molecule has 0 radical (unpaired) electrons. The number of anilines is 2. The smallest absolute Gasteiger partial charge is 0.130 e. The van der Waals surface area contributed by atoms with Gasteiger partial charge in [-0.15, -0.1) is 0 Å². The largest absolute Gasteiger partial charge is 0.397 e. The Kier molecular flexibility index (Phi) is 5.84. The van der Waals surface area contributed by atoms with Gasteiger partial charge in [0, 0.05) is 11.3 Å². The molecule has 0 atom stereocenters. The zero-order valence-corrected chi connectivity index (χ0v) is 13.6. The molecule has 1 heterocycles. The van der Waals surface area contributed by atoms with E-state index in [0.717, 1.165) is 24.1 Å². The van der Waals surface area contributed by atoms with Crippen LogP contribution in [0.4, 0.5) is 15.9 Å². The molecule has 0 aliphatic heterocycles. The molecule has 1 aromatic heterocycles. The lowest BCUT2D eigenvalue weighted by Gasteiger charge is -2.10. The van der Waals surface area contributed by atoms with Crippen LogP contribution in [0.2, 0.25) is 0 Å². The van der Waals surface area contributed by atoms with Crippen molar-refractivity contribution in [2.75, 3.05) is 11.1 Å². The average molecular weight is 324 g/mol. The summed E-state index contributed by atoms with van der Waals surface area (Å²) in [6.07, 6.45) is 6.73. The zero-order chi connectivity index (χ0) is 17.5. The van der Waals surface area contributed by atoms with Crippen molar-refractivity contribution >= 4 is 23.3 Å². The molecule has 0 spiro atoms. The Morgan fingerprint density at radius 3 is 2.75 bits per heavy atom. The monoisotopic (exact) mass is 324 g/mol. The van der Waals surface area contributed by atoms with Crippen LogP contribution >= 0.6 is 0 Å². The summed E-state index contributed by atoms with van der Waals surface area (Å²) in [5, 5.41) is 11.3. The summed E-state index contributed by atoms with van der Waals surface area (Å²) in [5.74, 6) is 0.321. The van der Waals surface area contributed by atoms with Crippen molar-refractivity contribution in [1.82, 2.24) is 4.98 Å². The van der Waals surface area contributed by atoms with Gasteiger partial charge in [-0.2, -0.15) is 0 Å². The standard InChI is InChI=1S/C19H21FN4/c1-3-4-13(2)24-19-11-16(18(22)12-23-19)17(21)10-7-14-5-8-15(20)9-6-14/h5-12,21H,2-4,22H2,1H3,(H,23,24)/b10-7+,21-17?. The molecule has 0 unspecified atom stereocenters. The van der Waals surface area contributed by atoms with Crippen molar-refractivity contribution in [3.63, 3.8) is 0 Å². The van der Waals surface area contributed by atoms with Crippen molar-refractivity contribution in [1.29, 1.82) is 5.41 Å². The highest BCUT2D eigenvalue weighted by Gasteiger charge is 2.07. The molecule has 2 rings (SSSR count). The fourth-order valence-electron chi connectivity index (χ4n) is 2.16. The van der Waals surface area contributed by atoms with Gasteiger partial charge < -0.3 is 16.5 Å². The molecule has 5 heteroatoms. The molecule has 0 saturated carbocycles. The number of benzene rings is 1. The molecule has 24 heavy (non-hydrogen) atoms. The van der Waals surface area contributed by atoms with Crippen LogP contribution in [0, 0.1) is 11.2 Å². The third-order valence-electron chi connectivity index (χ3n) is 3.39. The highest BCUT2D eigenvalue weighted by molar-refractivity contribution is 6.12. The van der Waals surface area contributed by atoms with E-state index in [9.17, 15) is 4.39 Å². The van der Waals surface area contributed by atoms with Gasteiger partial charge in [-0.3, -0.25) is 0 Å². The summed E-state index contributed by atoms with van der Waals surface area (Å²) in [6, 6.07) is 7.79. The predicted molar refractivity (Wildman–Crippen MR) is 98.6 cm³/mol. The van der Waals surface area contributed by atoms with E-state index in [0.29, 0.717) is 17.1 Å². The summed E-state index contributed by atoms with van der Waals surface area (Å²) in [7, 11) is 0. The van der Waals surface area contributed by atoms with Gasteiger partial charge in [0.1, 0.15) is 11.6 Å². The number of nitrogen functional groups attached to an aromatic ring is 1. The lowest BCUT2D eigenvalue weighted by Crippen LogP contribution is -2.06. The van der Waals surface area contributed by atoms with E-state index in [1.54, 1.807) is 30.4 Å². The molecule has 4 N–H and O–H groups in total. The number of nitrogens with two attached hydrogens (primary N) is 1. The third kappa shape index (κ3) is 4.78. The van der Waals surface area contributed by atoms with Crippen LogP contribution in [-0.2, 0) is 0 Å². The molecular weight excluding hydrogens is 303 g/mol. The lowest BCUT2D eigenvalue weighted by atomic mass is 10.1. The van der Waals surface area contributed by atoms with Gasteiger partial charge in [-0.1, -0.05) is 38.1 Å². The molecule has 0 bridgehead atoms. The van der Waals surface area contributed by atoms with Crippen molar-refractivity contribution in [2.45, 2.75) is 19.8 Å². The van der Waals surface area contributed by atoms with Crippen LogP contribution in [0.25, 0.3) is 6.08 Å². The second-order valence-corrected chi connectivity index (χ2v) is 5.43. The third-order valence-corrected chi connectivity index (χ3v) is 3.39. The van der Waals surface area contributed by atoms with E-state index in [2.05, 4.69) is 23.8 Å². The molecule has 0 aliphatic carbocycles. The van der Waals surface area contributed by atoms with Crippen LogP contribution in [0.3, 0.4) is 0 Å². The number of aromatic nitrogens is 1. The average Bonchev–Trinajstić information content (AvgIpc) is 2.56. The Labute approximate surface area is 141 Å². The van der Waals surface area contributed by atoms with Crippen LogP contribution in [0.5, 0.6) is 0 Å². The van der Waals surface area contributed by atoms with E-state index >= 15 is 0 Å². The molecule has 0 fully saturated rings. The first kappa shape index (κ1) is 17.4. The van der Waals surface area contributed by atoms with E-state index in [4.69, 9.17) is 11.1 Å². The van der Waals surface area contributed by atoms with Gasteiger partial charge in [0.05, 0.1) is 17.6 Å². The Morgan fingerprint density at radius 1 is 1.38 bits per heavy atom. The van der Waals surface area contributed by atoms with E-state index in [1.165, 1.54) is 18.3 Å². The number of rotatable bonds is 7. The van der Waals surface area contributed by atoms with Crippen LogP contribution < -0.4 is 11.1 Å². The summed E-state index contributed by atoms with van der Waals surface area (Å²) < 4.78 is 12.9. The summed E-state index contributed by atoms with van der Waals surface area (Å²) in [4.78, 5) is 4.21. The molecule has 4 nitrogen and oxygen atoms in total. The van der Waals surface area contributed by atoms with Gasteiger partial charge in [0.2, 0.25) is 0 Å². The number of hydrogen-bond acceptors (Lipinski definition) is 4. The van der Waals surface area contributed by atoms with Crippen molar-refractivity contribution in [2.24, 2.45) is 0 Å². The predicted octanol–water partition coefficient (Wildman–Crippen LogP) is 4.61. The maximum absolute atomic E-state index is 12.9. The first-order chi connectivity index (χ1) is 11.5. The second kappa shape index (κ2) is 8.06. The van der Waals surface area contributed by atoms with Gasteiger partial charge in [-0.05, 0) is 36.3 Å². The van der Waals surface area contributed by atoms with E-state index in [1.807, 2.05) is 0 Å². The molecule has 124 valence electrons. The quantitative estimate of drug-likeness (QED) is 0.651. The number of halogens is 1. The minimum Gasteiger partial charge on any atom is -0.397 e. The molecule has 0 amide bonds. The Hall–Kier alpha value is -2.95. The zero-order valence-electron chi connectivity index (χ0n) is 13.6. The summed E-state index contributed by atoms with van der Waals surface area (Å²) >= 11 is 0. The fraction of sp³-hybridized carbons (Fsp3) is 0.158. The van der Waals surface area contributed by atoms with Gasteiger partial charge in [0.25, 0.3) is 0 Å². The van der Waals surface area contributed by atoms with Crippen LogP contribution in [-0.4, -0.2) is 10.7 Å². The summed E-state index contributed by atoms with van der Waals surface area (Å²) in [5.41, 5.74) is 8.87. The molecule has 2 aromatic rings. The molecule has 0 saturated heterocycles. The Morgan fingerprint density at radius 2 is 2.08 bits per heavy atom. The second-order valence-electron chi connectivity index (χ2n) is 5.43. The molecular formula is C19H21FN4. The van der Waals surface area contributed by atoms with Crippen molar-refractivity contribution in [3.05, 3.63) is 71.8 Å². The number of nitrogens with one attached hydrogen (secondary N) is 2. The van der Waals surface area contributed by atoms with E-state index in [-0.39, 0.29) is 11.5 Å². The highest BCUT2D eigenvalue weighted by Crippen LogP contribution is 2.18. The maximum atomic E-state index is 12.9. The normalized spacial score (nSPS) is 10.8. The number of hydrogen-bond donors (Lipinski definition) is 3. The molecule has 1 aromatic carbocycles. The van der Waals surface area contributed by atoms with Crippen LogP contribution in [0.1, 0.15) is 30.9 Å². The fourth-order valence-corrected chi connectivity index (χ4v) is 2.16. The Balaban J connectivity index is 2.16. The topological polar surface area (TPSA) is 74.8 Å². The van der Waals surface area contributed by atoms with Gasteiger partial charge >= 0.3 is 0 Å². The van der Waals surface area contributed by atoms with Crippen LogP contribution in [0.15, 0.2) is 54.9 Å². The van der Waals surface area contributed by atoms with Gasteiger partial charge in [0.15, 0.2) is 0 Å². The minimum absolute atomic E-state index is 0.253. The SMILES string of the molecule is C=C(CCC)Nc1cc(C(=N)/C=C/c2ccc(F)cc2)c(N)cn1.